The van der Waals surface area contributed by atoms with Crippen molar-refractivity contribution in [1.29, 1.82) is 0 Å². The van der Waals surface area contributed by atoms with E-state index in [9.17, 15) is 4.79 Å². The first-order valence-corrected chi connectivity index (χ1v) is 9.19. The summed E-state index contributed by atoms with van der Waals surface area (Å²) in [5.74, 6) is 1.22. The minimum atomic E-state index is -0.198. The highest BCUT2D eigenvalue weighted by Gasteiger charge is 2.25. The molecule has 0 aliphatic carbocycles. The fourth-order valence-corrected chi connectivity index (χ4v) is 3.33. The molecule has 1 saturated heterocycles. The normalized spacial score (nSPS) is 15.9. The molecule has 1 atom stereocenters. The van der Waals surface area contributed by atoms with Gasteiger partial charge >= 0.3 is 0 Å². The Hall–Kier alpha value is -2.73. The molecule has 1 N–H and O–H groups in total. The summed E-state index contributed by atoms with van der Waals surface area (Å²) < 4.78 is 10.5. The highest BCUT2D eigenvalue weighted by molar-refractivity contribution is 5.94. The van der Waals surface area contributed by atoms with Crippen LogP contribution in [0.4, 0.5) is 11.4 Å². The van der Waals surface area contributed by atoms with E-state index in [2.05, 4.69) is 39.4 Å². The fourth-order valence-electron chi connectivity index (χ4n) is 3.33. The molecule has 0 bridgehead atoms. The van der Waals surface area contributed by atoms with Crippen LogP contribution in [-0.2, 0) is 4.79 Å². The van der Waals surface area contributed by atoms with Crippen molar-refractivity contribution in [2.75, 3.05) is 50.6 Å². The Bertz CT molecular complexity index is 759. The van der Waals surface area contributed by atoms with Crippen LogP contribution in [0.5, 0.6) is 11.5 Å². The van der Waals surface area contributed by atoms with Gasteiger partial charge in [-0.1, -0.05) is 18.2 Å². The molecule has 6 heteroatoms. The first kappa shape index (κ1) is 19.0. The second-order valence-corrected chi connectivity index (χ2v) is 6.59. The molecule has 6 nitrogen and oxygen atoms in total. The zero-order chi connectivity index (χ0) is 19.2. The first-order valence-electron chi connectivity index (χ1n) is 9.19. The molecule has 144 valence electrons. The van der Waals surface area contributed by atoms with Crippen molar-refractivity contribution < 1.29 is 14.3 Å². The Morgan fingerprint density at radius 3 is 2.26 bits per heavy atom. The molecule has 1 fully saturated rings. The molecule has 1 aliphatic heterocycles. The van der Waals surface area contributed by atoms with E-state index >= 15 is 0 Å². The summed E-state index contributed by atoms with van der Waals surface area (Å²) in [5.41, 5.74) is 1.94. The van der Waals surface area contributed by atoms with Crippen molar-refractivity contribution in [3.05, 3.63) is 48.5 Å². The largest absolute Gasteiger partial charge is 0.493 e. The monoisotopic (exact) mass is 369 g/mol. The molecule has 27 heavy (non-hydrogen) atoms. The lowest BCUT2D eigenvalue weighted by Gasteiger charge is -2.38. The molecular formula is C21H27N3O3. The van der Waals surface area contributed by atoms with Gasteiger partial charge in [0.15, 0.2) is 11.5 Å². The molecular weight excluding hydrogens is 342 g/mol. The number of hydrogen-bond acceptors (Lipinski definition) is 5. The molecule has 2 aromatic rings. The highest BCUT2D eigenvalue weighted by Crippen LogP contribution is 2.29. The number of piperazine rings is 1. The second kappa shape index (κ2) is 8.77. The van der Waals surface area contributed by atoms with Gasteiger partial charge in [-0.2, -0.15) is 0 Å². The number of carbonyl (C=O) groups is 1. The van der Waals surface area contributed by atoms with Crippen molar-refractivity contribution in [3.63, 3.8) is 0 Å². The maximum absolute atomic E-state index is 12.7. The number of nitrogens with zero attached hydrogens (tertiary/aromatic N) is 2. The third kappa shape index (κ3) is 4.52. The number of amides is 1. The van der Waals surface area contributed by atoms with Crippen molar-refractivity contribution in [1.82, 2.24) is 4.90 Å². The lowest BCUT2D eigenvalue weighted by Crippen LogP contribution is -2.52. The maximum Gasteiger partial charge on any atom is 0.241 e. The van der Waals surface area contributed by atoms with Crippen molar-refractivity contribution in [2.45, 2.75) is 13.0 Å². The van der Waals surface area contributed by atoms with Gasteiger partial charge < -0.3 is 19.7 Å². The fraction of sp³-hybridized carbons (Fsp3) is 0.381. The highest BCUT2D eigenvalue weighted by atomic mass is 16.5. The van der Waals surface area contributed by atoms with Crippen LogP contribution in [0.25, 0.3) is 0 Å². The Morgan fingerprint density at radius 1 is 0.963 bits per heavy atom. The topological polar surface area (TPSA) is 54.0 Å². The van der Waals surface area contributed by atoms with E-state index in [0.29, 0.717) is 17.2 Å². The Balaban J connectivity index is 1.57. The molecule has 0 saturated carbocycles. The SMILES string of the molecule is COc1ccc(NC(=O)C(C)N2CCN(c3ccccc3)CC2)cc1OC. The van der Waals surface area contributed by atoms with E-state index in [1.54, 1.807) is 26.4 Å². The third-order valence-electron chi connectivity index (χ3n) is 5.01. The summed E-state index contributed by atoms with van der Waals surface area (Å²) in [5, 5.41) is 2.98. The number of carbonyl (C=O) groups excluding carboxylic acids is 1. The number of nitrogens with one attached hydrogen (secondary N) is 1. The van der Waals surface area contributed by atoms with Crippen LogP contribution in [0.3, 0.4) is 0 Å². The molecule has 1 heterocycles. The van der Waals surface area contributed by atoms with Gasteiger partial charge in [-0.3, -0.25) is 9.69 Å². The van der Waals surface area contributed by atoms with E-state index < -0.39 is 0 Å². The molecule has 2 aromatic carbocycles. The van der Waals surface area contributed by atoms with Gasteiger partial charge in [0, 0.05) is 43.6 Å². The van der Waals surface area contributed by atoms with E-state index in [1.165, 1.54) is 5.69 Å². The summed E-state index contributed by atoms with van der Waals surface area (Å²) in [4.78, 5) is 17.3. The molecule has 1 aliphatic rings. The van der Waals surface area contributed by atoms with E-state index in [4.69, 9.17) is 9.47 Å². The maximum atomic E-state index is 12.7. The molecule has 1 amide bonds. The lowest BCUT2D eigenvalue weighted by molar-refractivity contribution is -0.120. The Morgan fingerprint density at radius 2 is 1.63 bits per heavy atom. The number of rotatable bonds is 6. The number of hydrogen-bond donors (Lipinski definition) is 1. The second-order valence-electron chi connectivity index (χ2n) is 6.59. The van der Waals surface area contributed by atoms with Gasteiger partial charge in [-0.05, 0) is 31.2 Å². The standard InChI is InChI=1S/C21H27N3O3/c1-16(21(25)22-17-9-10-19(26-2)20(15-17)27-3)23-11-13-24(14-12-23)18-7-5-4-6-8-18/h4-10,15-16H,11-14H2,1-3H3,(H,22,25). The van der Waals surface area contributed by atoms with Gasteiger partial charge in [0.1, 0.15) is 0 Å². The van der Waals surface area contributed by atoms with Crippen molar-refractivity contribution in [2.24, 2.45) is 0 Å². The van der Waals surface area contributed by atoms with Crippen LogP contribution >= 0.6 is 0 Å². The molecule has 0 spiro atoms. The predicted octanol–water partition coefficient (Wildman–Crippen LogP) is 2.85. The molecule has 3 rings (SSSR count). The number of anilines is 2. The average Bonchev–Trinajstić information content (AvgIpc) is 2.73. The molecule has 0 radical (unpaired) electrons. The zero-order valence-electron chi connectivity index (χ0n) is 16.1. The molecule has 0 aromatic heterocycles. The summed E-state index contributed by atoms with van der Waals surface area (Å²) in [7, 11) is 3.17. The number of methoxy groups -OCH3 is 2. The third-order valence-corrected chi connectivity index (χ3v) is 5.01. The van der Waals surface area contributed by atoms with Gasteiger partial charge in [0.05, 0.1) is 20.3 Å². The van der Waals surface area contributed by atoms with Crippen LogP contribution in [0, 0.1) is 0 Å². The van der Waals surface area contributed by atoms with E-state index in [1.807, 2.05) is 19.1 Å². The van der Waals surface area contributed by atoms with Crippen LogP contribution in [0.15, 0.2) is 48.5 Å². The van der Waals surface area contributed by atoms with E-state index in [-0.39, 0.29) is 11.9 Å². The van der Waals surface area contributed by atoms with Crippen molar-refractivity contribution in [3.8, 4) is 11.5 Å². The average molecular weight is 369 g/mol. The van der Waals surface area contributed by atoms with E-state index in [0.717, 1.165) is 26.2 Å². The Labute approximate surface area is 160 Å². The summed E-state index contributed by atoms with van der Waals surface area (Å²) in [6.45, 7) is 5.50. The summed E-state index contributed by atoms with van der Waals surface area (Å²) >= 11 is 0. The Kier molecular flexibility index (Phi) is 6.19. The number of ether oxygens (including phenoxy) is 2. The van der Waals surface area contributed by atoms with Gasteiger partial charge in [0.2, 0.25) is 5.91 Å². The zero-order valence-corrected chi connectivity index (χ0v) is 16.1. The van der Waals surface area contributed by atoms with Crippen LogP contribution < -0.4 is 19.7 Å². The minimum absolute atomic E-state index is 0.0182. The van der Waals surface area contributed by atoms with Gasteiger partial charge in [0.25, 0.3) is 0 Å². The quantitative estimate of drug-likeness (QED) is 0.849. The smallest absolute Gasteiger partial charge is 0.241 e. The number of para-hydroxylation sites is 1. The lowest BCUT2D eigenvalue weighted by atomic mass is 10.2. The predicted molar refractivity (Wildman–Crippen MR) is 108 cm³/mol. The molecule has 1 unspecified atom stereocenters. The van der Waals surface area contributed by atoms with Crippen molar-refractivity contribution >= 4 is 17.3 Å². The number of benzene rings is 2. The van der Waals surface area contributed by atoms with Crippen LogP contribution in [0.2, 0.25) is 0 Å². The van der Waals surface area contributed by atoms with Gasteiger partial charge in [-0.15, -0.1) is 0 Å². The summed E-state index contributed by atoms with van der Waals surface area (Å²) in [6, 6.07) is 15.6. The van der Waals surface area contributed by atoms with Crippen LogP contribution in [0.1, 0.15) is 6.92 Å². The first-order chi connectivity index (χ1) is 13.1. The van der Waals surface area contributed by atoms with Crippen LogP contribution in [-0.4, -0.2) is 57.2 Å². The van der Waals surface area contributed by atoms with Gasteiger partial charge in [-0.25, -0.2) is 0 Å². The minimum Gasteiger partial charge on any atom is -0.493 e. The summed E-state index contributed by atoms with van der Waals surface area (Å²) in [6.07, 6.45) is 0.